The molecule has 0 aliphatic carbocycles. The standard InChI is InChI=1S/C15H20N4OS/c1-3-6-16-11-5-7-17-13(8-11)15(20)19-10-14-18-9-12(4-2)21-14/h5,7-9H,3-4,6,10H2,1-2H3,(H,16,17)(H,19,20). The van der Waals surface area contributed by atoms with Crippen molar-refractivity contribution in [2.45, 2.75) is 33.2 Å². The third-order valence-corrected chi connectivity index (χ3v) is 4.06. The van der Waals surface area contributed by atoms with Crippen LogP contribution in [0.15, 0.2) is 24.5 Å². The summed E-state index contributed by atoms with van der Waals surface area (Å²) in [4.78, 5) is 21.7. The molecule has 0 aliphatic rings. The molecule has 0 saturated carbocycles. The second-order valence-corrected chi connectivity index (χ2v) is 5.81. The van der Waals surface area contributed by atoms with Crippen molar-refractivity contribution >= 4 is 22.9 Å². The number of thiazole rings is 1. The largest absolute Gasteiger partial charge is 0.385 e. The van der Waals surface area contributed by atoms with Gasteiger partial charge in [0.15, 0.2) is 0 Å². The monoisotopic (exact) mass is 304 g/mol. The first-order chi connectivity index (χ1) is 10.2. The highest BCUT2D eigenvalue weighted by molar-refractivity contribution is 7.11. The first-order valence-electron chi connectivity index (χ1n) is 7.14. The molecule has 21 heavy (non-hydrogen) atoms. The Bertz CT molecular complexity index is 597. The van der Waals surface area contributed by atoms with E-state index in [0.717, 1.165) is 30.1 Å². The van der Waals surface area contributed by atoms with E-state index in [1.807, 2.05) is 12.3 Å². The third-order valence-electron chi connectivity index (χ3n) is 2.92. The molecular formula is C15H20N4OS. The molecule has 0 radical (unpaired) electrons. The fourth-order valence-electron chi connectivity index (χ4n) is 1.77. The lowest BCUT2D eigenvalue weighted by Crippen LogP contribution is -2.23. The smallest absolute Gasteiger partial charge is 0.270 e. The lowest BCUT2D eigenvalue weighted by molar-refractivity contribution is 0.0946. The lowest BCUT2D eigenvalue weighted by atomic mass is 10.3. The Balaban J connectivity index is 1.93. The molecule has 1 amide bonds. The summed E-state index contributed by atoms with van der Waals surface area (Å²) in [5.41, 5.74) is 1.34. The number of amides is 1. The second kappa shape index (κ2) is 7.73. The molecule has 5 nitrogen and oxygen atoms in total. The Morgan fingerprint density at radius 3 is 2.90 bits per heavy atom. The molecule has 2 heterocycles. The van der Waals surface area contributed by atoms with Gasteiger partial charge in [0.25, 0.3) is 5.91 Å². The molecular weight excluding hydrogens is 284 g/mol. The predicted octanol–water partition coefficient (Wildman–Crippen LogP) is 2.85. The van der Waals surface area contributed by atoms with Crippen molar-refractivity contribution in [2.24, 2.45) is 0 Å². The molecule has 2 aromatic heterocycles. The normalized spacial score (nSPS) is 10.4. The van der Waals surface area contributed by atoms with Crippen molar-refractivity contribution in [3.05, 3.63) is 40.1 Å². The van der Waals surface area contributed by atoms with Gasteiger partial charge in [-0.05, 0) is 25.0 Å². The van der Waals surface area contributed by atoms with Crippen LogP contribution in [-0.4, -0.2) is 22.4 Å². The highest BCUT2D eigenvalue weighted by atomic mass is 32.1. The van der Waals surface area contributed by atoms with Gasteiger partial charge < -0.3 is 10.6 Å². The van der Waals surface area contributed by atoms with Crippen LogP contribution in [0.4, 0.5) is 5.69 Å². The Labute approximate surface area is 128 Å². The number of hydrogen-bond donors (Lipinski definition) is 2. The first-order valence-corrected chi connectivity index (χ1v) is 7.96. The Morgan fingerprint density at radius 1 is 1.33 bits per heavy atom. The van der Waals surface area contributed by atoms with Crippen molar-refractivity contribution in [1.82, 2.24) is 15.3 Å². The van der Waals surface area contributed by atoms with Crippen LogP contribution in [0.2, 0.25) is 0 Å². The van der Waals surface area contributed by atoms with Gasteiger partial charge in [0, 0.05) is 29.5 Å². The highest BCUT2D eigenvalue weighted by Crippen LogP contribution is 2.13. The zero-order valence-corrected chi connectivity index (χ0v) is 13.2. The summed E-state index contributed by atoms with van der Waals surface area (Å²) < 4.78 is 0. The van der Waals surface area contributed by atoms with Crippen LogP contribution in [0.25, 0.3) is 0 Å². The van der Waals surface area contributed by atoms with Gasteiger partial charge in [-0.2, -0.15) is 0 Å². The highest BCUT2D eigenvalue weighted by Gasteiger charge is 2.09. The Hall–Kier alpha value is -1.95. The number of nitrogens with zero attached hydrogens (tertiary/aromatic N) is 2. The van der Waals surface area contributed by atoms with Crippen LogP contribution in [0.1, 0.15) is 40.6 Å². The summed E-state index contributed by atoms with van der Waals surface area (Å²) in [5.74, 6) is -0.177. The average Bonchev–Trinajstić information content (AvgIpc) is 2.99. The number of hydrogen-bond acceptors (Lipinski definition) is 5. The van der Waals surface area contributed by atoms with E-state index >= 15 is 0 Å². The van der Waals surface area contributed by atoms with E-state index in [4.69, 9.17) is 0 Å². The maximum absolute atomic E-state index is 12.1. The van der Waals surface area contributed by atoms with Gasteiger partial charge >= 0.3 is 0 Å². The van der Waals surface area contributed by atoms with Crippen LogP contribution >= 0.6 is 11.3 Å². The summed E-state index contributed by atoms with van der Waals surface area (Å²) in [6.07, 6.45) is 5.51. The van der Waals surface area contributed by atoms with Gasteiger partial charge in [0.1, 0.15) is 10.7 Å². The van der Waals surface area contributed by atoms with Crippen molar-refractivity contribution in [1.29, 1.82) is 0 Å². The number of carbonyl (C=O) groups is 1. The van der Waals surface area contributed by atoms with Crippen LogP contribution < -0.4 is 10.6 Å². The van der Waals surface area contributed by atoms with Crippen molar-refractivity contribution in [3.63, 3.8) is 0 Å². The summed E-state index contributed by atoms with van der Waals surface area (Å²) in [6, 6.07) is 3.63. The topological polar surface area (TPSA) is 66.9 Å². The van der Waals surface area contributed by atoms with Crippen LogP contribution in [0, 0.1) is 0 Å². The number of pyridine rings is 1. The molecule has 2 aromatic rings. The van der Waals surface area contributed by atoms with Gasteiger partial charge in [-0.15, -0.1) is 11.3 Å². The molecule has 2 rings (SSSR count). The number of carbonyl (C=O) groups excluding carboxylic acids is 1. The van der Waals surface area contributed by atoms with E-state index in [-0.39, 0.29) is 5.91 Å². The number of nitrogens with one attached hydrogen (secondary N) is 2. The number of aryl methyl sites for hydroxylation is 1. The summed E-state index contributed by atoms with van der Waals surface area (Å²) in [7, 11) is 0. The maximum atomic E-state index is 12.1. The minimum Gasteiger partial charge on any atom is -0.385 e. The van der Waals surface area contributed by atoms with Crippen LogP contribution in [0.5, 0.6) is 0 Å². The molecule has 0 bridgehead atoms. The SMILES string of the molecule is CCCNc1ccnc(C(=O)NCc2ncc(CC)s2)c1. The quantitative estimate of drug-likeness (QED) is 0.825. The Morgan fingerprint density at radius 2 is 2.19 bits per heavy atom. The van der Waals surface area contributed by atoms with E-state index < -0.39 is 0 Å². The summed E-state index contributed by atoms with van der Waals surface area (Å²) in [6.45, 7) is 5.51. The zero-order chi connectivity index (χ0) is 15.1. The minimum absolute atomic E-state index is 0.177. The van der Waals surface area contributed by atoms with E-state index in [1.54, 1.807) is 23.6 Å². The maximum Gasteiger partial charge on any atom is 0.270 e. The molecule has 0 unspecified atom stereocenters. The van der Waals surface area contributed by atoms with Gasteiger partial charge in [-0.1, -0.05) is 13.8 Å². The van der Waals surface area contributed by atoms with Crippen molar-refractivity contribution in [2.75, 3.05) is 11.9 Å². The third kappa shape index (κ3) is 4.53. The molecule has 0 fully saturated rings. The fraction of sp³-hybridized carbons (Fsp3) is 0.400. The first kappa shape index (κ1) is 15.4. The van der Waals surface area contributed by atoms with Gasteiger partial charge in [0.2, 0.25) is 0 Å². The van der Waals surface area contributed by atoms with E-state index in [0.29, 0.717) is 12.2 Å². The van der Waals surface area contributed by atoms with Gasteiger partial charge in [-0.25, -0.2) is 4.98 Å². The number of aromatic nitrogens is 2. The lowest BCUT2D eigenvalue weighted by Gasteiger charge is -2.06. The molecule has 0 spiro atoms. The van der Waals surface area contributed by atoms with E-state index in [2.05, 4.69) is 34.4 Å². The molecule has 112 valence electrons. The Kier molecular flexibility index (Phi) is 5.68. The molecule has 0 saturated heterocycles. The van der Waals surface area contributed by atoms with E-state index in [9.17, 15) is 4.79 Å². The molecule has 0 aromatic carbocycles. The van der Waals surface area contributed by atoms with Gasteiger partial charge in [-0.3, -0.25) is 9.78 Å². The fourth-order valence-corrected chi connectivity index (χ4v) is 2.58. The number of rotatable bonds is 7. The van der Waals surface area contributed by atoms with Crippen LogP contribution in [-0.2, 0) is 13.0 Å². The second-order valence-electron chi connectivity index (χ2n) is 4.61. The average molecular weight is 304 g/mol. The predicted molar refractivity (Wildman–Crippen MR) is 85.7 cm³/mol. The molecule has 6 heteroatoms. The van der Waals surface area contributed by atoms with Crippen LogP contribution in [0.3, 0.4) is 0 Å². The molecule has 0 atom stereocenters. The molecule has 0 aliphatic heterocycles. The number of anilines is 1. The van der Waals surface area contributed by atoms with E-state index in [1.165, 1.54) is 4.88 Å². The minimum atomic E-state index is -0.177. The zero-order valence-electron chi connectivity index (χ0n) is 12.3. The van der Waals surface area contributed by atoms with Crippen molar-refractivity contribution in [3.8, 4) is 0 Å². The molecule has 2 N–H and O–H groups in total. The summed E-state index contributed by atoms with van der Waals surface area (Å²) in [5, 5.41) is 7.02. The van der Waals surface area contributed by atoms with Gasteiger partial charge in [0.05, 0.1) is 6.54 Å². The van der Waals surface area contributed by atoms with Crippen molar-refractivity contribution < 1.29 is 4.79 Å². The summed E-state index contributed by atoms with van der Waals surface area (Å²) >= 11 is 1.63.